The Hall–Kier alpha value is -1.09. The van der Waals surface area contributed by atoms with Crippen LogP contribution in [0.1, 0.15) is 22.5 Å². The lowest BCUT2D eigenvalue weighted by molar-refractivity contribution is -0.115. The molecule has 0 bridgehead atoms. The first kappa shape index (κ1) is 15.3. The van der Waals surface area contributed by atoms with Crippen molar-refractivity contribution < 1.29 is 18.0 Å². The lowest BCUT2D eigenvalue weighted by Crippen LogP contribution is -2.25. The molecule has 1 aromatic heterocycles. The number of nitrogens with one attached hydrogen (secondary N) is 2. The molecule has 1 fully saturated rings. The summed E-state index contributed by atoms with van der Waals surface area (Å²) < 4.78 is 36.7. The van der Waals surface area contributed by atoms with Gasteiger partial charge in [-0.05, 0) is 19.1 Å². The number of nitrogens with two attached hydrogens (primary N) is 1. The number of rotatable bonds is 5. The van der Waals surface area contributed by atoms with Crippen LogP contribution in [0.3, 0.4) is 0 Å². The predicted molar refractivity (Wildman–Crippen MR) is 75.5 cm³/mol. The first-order valence-electron chi connectivity index (χ1n) is 5.89. The van der Waals surface area contributed by atoms with Crippen LogP contribution in [0.25, 0.3) is 0 Å². The second kappa shape index (κ2) is 5.72. The van der Waals surface area contributed by atoms with Gasteiger partial charge in [-0.3, -0.25) is 4.79 Å². The van der Waals surface area contributed by atoms with Gasteiger partial charge in [0.25, 0.3) is 5.91 Å². The van der Waals surface area contributed by atoms with Gasteiger partial charge in [0.15, 0.2) is 0 Å². The van der Waals surface area contributed by atoms with E-state index in [0.717, 1.165) is 24.2 Å². The fraction of sp³-hybridized carbons (Fsp3) is 0.545. The van der Waals surface area contributed by atoms with Crippen molar-refractivity contribution >= 4 is 39.7 Å². The molecule has 1 aliphatic carbocycles. The number of alkyl halides is 3. The van der Waals surface area contributed by atoms with Crippen molar-refractivity contribution in [2.45, 2.75) is 30.0 Å². The molecule has 112 valence electrons. The molecule has 0 unspecified atom stereocenters. The first-order chi connectivity index (χ1) is 9.31. The minimum atomic E-state index is -4.31. The molecule has 0 aliphatic heterocycles. The Morgan fingerprint density at radius 1 is 1.50 bits per heavy atom. The van der Waals surface area contributed by atoms with Crippen molar-refractivity contribution in [3.8, 4) is 0 Å². The molecule has 0 spiro atoms. The molecular weight excluding hydrogens is 311 g/mol. The molecule has 0 radical (unpaired) electrons. The average molecular weight is 325 g/mol. The summed E-state index contributed by atoms with van der Waals surface area (Å²) in [6.07, 6.45) is -0.734. The van der Waals surface area contributed by atoms with E-state index in [9.17, 15) is 18.0 Å². The number of anilines is 2. The average Bonchev–Trinajstić information content (AvgIpc) is 3.08. The highest BCUT2D eigenvalue weighted by atomic mass is 32.2. The van der Waals surface area contributed by atoms with Crippen LogP contribution in [0, 0.1) is 0 Å². The molecule has 2 rings (SSSR count). The van der Waals surface area contributed by atoms with Gasteiger partial charge in [0.2, 0.25) is 0 Å². The Balaban J connectivity index is 2.16. The number of carbonyl (C=O) groups is 1. The van der Waals surface area contributed by atoms with Crippen molar-refractivity contribution in [1.82, 2.24) is 5.32 Å². The zero-order chi connectivity index (χ0) is 14.9. The van der Waals surface area contributed by atoms with Crippen LogP contribution in [-0.2, 0) is 0 Å². The molecule has 4 nitrogen and oxygen atoms in total. The minimum absolute atomic E-state index is 0.174. The number of halogens is 3. The molecular formula is C11H14F3N3OS2. The van der Waals surface area contributed by atoms with Gasteiger partial charge < -0.3 is 16.4 Å². The Bertz CT molecular complexity index is 512. The van der Waals surface area contributed by atoms with Gasteiger partial charge in [0.1, 0.15) is 16.4 Å². The van der Waals surface area contributed by atoms with Gasteiger partial charge in [0.05, 0.1) is 10.6 Å². The van der Waals surface area contributed by atoms with Gasteiger partial charge >= 0.3 is 6.18 Å². The van der Waals surface area contributed by atoms with E-state index in [-0.39, 0.29) is 27.5 Å². The molecule has 1 aliphatic rings. The highest BCUT2D eigenvalue weighted by molar-refractivity contribution is 7.99. The Morgan fingerprint density at radius 3 is 2.65 bits per heavy atom. The van der Waals surface area contributed by atoms with Gasteiger partial charge in [-0.2, -0.15) is 13.2 Å². The van der Waals surface area contributed by atoms with Gasteiger partial charge in [0, 0.05) is 6.04 Å². The summed E-state index contributed by atoms with van der Waals surface area (Å²) in [6.45, 7) is -1.15. The van der Waals surface area contributed by atoms with Crippen molar-refractivity contribution in [3.05, 3.63) is 4.88 Å². The van der Waals surface area contributed by atoms with Gasteiger partial charge in [-0.1, -0.05) is 0 Å². The van der Waals surface area contributed by atoms with Gasteiger partial charge in [-0.25, -0.2) is 0 Å². The van der Waals surface area contributed by atoms with Crippen molar-refractivity contribution in [2.75, 3.05) is 23.9 Å². The fourth-order valence-electron chi connectivity index (χ4n) is 1.58. The summed E-state index contributed by atoms with van der Waals surface area (Å²) in [6, 6.07) is 0.174. The standard InChI is InChI=1S/C11H14F3N3OS2/c1-19-8-6(15)7(9(18)17-5-2-3-5)20-10(8)16-4-11(12,13)14/h5,16H,2-4,15H2,1H3,(H,17,18). The largest absolute Gasteiger partial charge is 0.405 e. The Morgan fingerprint density at radius 2 is 2.15 bits per heavy atom. The van der Waals surface area contributed by atoms with E-state index >= 15 is 0 Å². The molecule has 1 amide bonds. The number of hydrogen-bond donors (Lipinski definition) is 3. The second-order valence-corrected chi connectivity index (χ2v) is 6.26. The molecule has 1 aromatic rings. The van der Waals surface area contributed by atoms with Crippen LogP contribution in [-0.4, -0.2) is 30.9 Å². The zero-order valence-electron chi connectivity index (χ0n) is 10.6. The van der Waals surface area contributed by atoms with Crippen LogP contribution >= 0.6 is 23.1 Å². The lowest BCUT2D eigenvalue weighted by atomic mass is 10.3. The van der Waals surface area contributed by atoms with Crippen LogP contribution in [0.4, 0.5) is 23.9 Å². The van der Waals surface area contributed by atoms with Crippen LogP contribution in [0.5, 0.6) is 0 Å². The number of thiophene rings is 1. The first-order valence-corrected chi connectivity index (χ1v) is 7.93. The quantitative estimate of drug-likeness (QED) is 0.728. The van der Waals surface area contributed by atoms with E-state index in [0.29, 0.717) is 4.90 Å². The number of hydrogen-bond acceptors (Lipinski definition) is 5. The molecule has 20 heavy (non-hydrogen) atoms. The normalized spacial score (nSPS) is 15.2. The van der Waals surface area contributed by atoms with E-state index in [1.165, 1.54) is 11.8 Å². The molecule has 4 N–H and O–H groups in total. The third-order valence-corrected chi connectivity index (χ3v) is 4.80. The summed E-state index contributed by atoms with van der Waals surface area (Å²) in [5.74, 6) is -0.314. The predicted octanol–water partition coefficient (Wildman–Crippen LogP) is 2.92. The molecule has 0 saturated heterocycles. The number of nitrogen functional groups attached to an aromatic ring is 1. The summed E-state index contributed by atoms with van der Waals surface area (Å²) in [4.78, 5) is 12.7. The third-order valence-electron chi connectivity index (χ3n) is 2.67. The monoisotopic (exact) mass is 325 g/mol. The summed E-state index contributed by atoms with van der Waals surface area (Å²) >= 11 is 2.18. The lowest BCUT2D eigenvalue weighted by Gasteiger charge is -2.08. The van der Waals surface area contributed by atoms with E-state index in [4.69, 9.17) is 5.73 Å². The maximum absolute atomic E-state index is 12.2. The van der Waals surface area contributed by atoms with Crippen LogP contribution in [0.15, 0.2) is 4.90 Å². The molecule has 9 heteroatoms. The highest BCUT2D eigenvalue weighted by Crippen LogP contribution is 2.42. The summed E-state index contributed by atoms with van der Waals surface area (Å²) in [7, 11) is 0. The van der Waals surface area contributed by atoms with Crippen LogP contribution < -0.4 is 16.4 Å². The highest BCUT2D eigenvalue weighted by Gasteiger charge is 2.30. The molecule has 1 heterocycles. The Kier molecular flexibility index (Phi) is 4.38. The van der Waals surface area contributed by atoms with Crippen molar-refractivity contribution in [1.29, 1.82) is 0 Å². The Labute approximate surface area is 122 Å². The maximum Gasteiger partial charge on any atom is 0.405 e. The van der Waals surface area contributed by atoms with E-state index in [2.05, 4.69) is 10.6 Å². The second-order valence-electron chi connectivity index (χ2n) is 4.42. The topological polar surface area (TPSA) is 67.2 Å². The summed E-state index contributed by atoms with van der Waals surface area (Å²) in [5, 5.41) is 5.37. The fourth-order valence-corrected chi connectivity index (χ4v) is 3.51. The van der Waals surface area contributed by atoms with E-state index in [1.807, 2.05) is 0 Å². The van der Waals surface area contributed by atoms with Gasteiger partial charge in [-0.15, -0.1) is 23.1 Å². The van der Waals surface area contributed by atoms with Crippen molar-refractivity contribution in [2.24, 2.45) is 0 Å². The smallest absolute Gasteiger partial charge is 0.396 e. The molecule has 0 atom stereocenters. The van der Waals surface area contributed by atoms with Crippen LogP contribution in [0.2, 0.25) is 0 Å². The van der Waals surface area contributed by atoms with E-state index in [1.54, 1.807) is 6.26 Å². The molecule has 0 aromatic carbocycles. The zero-order valence-corrected chi connectivity index (χ0v) is 12.3. The SMILES string of the molecule is CSc1c(NCC(F)(F)F)sc(C(=O)NC2CC2)c1N. The third kappa shape index (κ3) is 3.72. The number of thioether (sulfide) groups is 1. The van der Waals surface area contributed by atoms with Crippen molar-refractivity contribution in [3.63, 3.8) is 0 Å². The minimum Gasteiger partial charge on any atom is -0.396 e. The maximum atomic E-state index is 12.2. The van der Waals surface area contributed by atoms with E-state index < -0.39 is 12.7 Å². The summed E-state index contributed by atoms with van der Waals surface area (Å²) in [5.41, 5.74) is 6.10. The number of amides is 1. The molecule has 1 saturated carbocycles. The number of carbonyl (C=O) groups excluding carboxylic acids is 1.